The maximum absolute atomic E-state index is 13.4. The van der Waals surface area contributed by atoms with E-state index in [-0.39, 0.29) is 29.0 Å². The Balaban J connectivity index is 1.50. The van der Waals surface area contributed by atoms with Gasteiger partial charge in [-0.05, 0) is 42.9 Å². The number of pyridine rings is 2. The molecule has 2 aromatic heterocycles. The number of hydrogen-bond donors (Lipinski definition) is 0. The number of carbonyl (C=O) groups is 2. The van der Waals surface area contributed by atoms with E-state index < -0.39 is 0 Å². The molecule has 166 valence electrons. The lowest BCUT2D eigenvalue weighted by Gasteiger charge is -2.31. The van der Waals surface area contributed by atoms with Gasteiger partial charge in [0, 0.05) is 44.5 Å². The predicted molar refractivity (Wildman–Crippen MR) is 118 cm³/mol. The lowest BCUT2D eigenvalue weighted by molar-refractivity contribution is 0.0725. The van der Waals surface area contributed by atoms with Crippen LogP contribution in [0.3, 0.4) is 0 Å². The molecule has 0 spiro atoms. The maximum atomic E-state index is 13.4. The first-order chi connectivity index (χ1) is 15.6. The van der Waals surface area contributed by atoms with Gasteiger partial charge in [-0.1, -0.05) is 18.2 Å². The molecule has 1 saturated carbocycles. The quantitative estimate of drug-likeness (QED) is 0.689. The van der Waals surface area contributed by atoms with Crippen LogP contribution in [0.4, 0.5) is 0 Å². The highest BCUT2D eigenvalue weighted by Crippen LogP contribution is 2.35. The van der Waals surface area contributed by atoms with Crippen molar-refractivity contribution in [1.82, 2.24) is 19.4 Å². The third-order valence-corrected chi connectivity index (χ3v) is 6.36. The summed E-state index contributed by atoms with van der Waals surface area (Å²) in [5.74, 6) is 0.00639. The number of methoxy groups -OCH3 is 1. The average Bonchev–Trinajstić information content (AvgIpc) is 3.68. The van der Waals surface area contributed by atoms with Gasteiger partial charge in [0.1, 0.15) is 11.3 Å². The third kappa shape index (κ3) is 3.70. The molecule has 0 bridgehead atoms. The monoisotopic (exact) mass is 434 g/mol. The van der Waals surface area contributed by atoms with Crippen LogP contribution in [0.25, 0.3) is 0 Å². The summed E-state index contributed by atoms with van der Waals surface area (Å²) < 4.78 is 6.86. The molecule has 2 aromatic rings. The lowest BCUT2D eigenvalue weighted by Crippen LogP contribution is -2.43. The third-order valence-electron chi connectivity index (χ3n) is 6.36. The lowest BCUT2D eigenvalue weighted by atomic mass is 9.95. The molecule has 0 N–H and O–H groups in total. The summed E-state index contributed by atoms with van der Waals surface area (Å²) in [5.41, 5.74) is 2.07. The molecule has 32 heavy (non-hydrogen) atoms. The van der Waals surface area contributed by atoms with Crippen molar-refractivity contribution in [2.24, 2.45) is 0 Å². The van der Waals surface area contributed by atoms with E-state index in [4.69, 9.17) is 4.74 Å². The van der Waals surface area contributed by atoms with E-state index in [1.807, 2.05) is 12.3 Å². The SMILES string of the molecule is COc1cccc(C(=O)N2CCc3c(cn(C4CC4)c(=O)c3C(=O)N3CC=CCC3)C2)n1. The Kier molecular flexibility index (Phi) is 5.28. The van der Waals surface area contributed by atoms with E-state index in [0.717, 1.165) is 30.4 Å². The standard InChI is InChI=1S/C24H26N4O4/c1-32-20-7-5-6-19(25-20)22(29)27-13-10-18-16(14-27)15-28(17-8-9-17)24(31)21(18)23(30)26-11-3-2-4-12-26/h2-3,5-7,15,17H,4,8-14H2,1H3. The molecule has 0 atom stereocenters. The Bertz CT molecular complexity index is 1170. The number of fused-ring (bicyclic) bond motifs is 1. The van der Waals surface area contributed by atoms with Crippen LogP contribution in [-0.2, 0) is 13.0 Å². The van der Waals surface area contributed by atoms with E-state index in [9.17, 15) is 14.4 Å². The minimum Gasteiger partial charge on any atom is -0.481 e. The van der Waals surface area contributed by atoms with Gasteiger partial charge in [0.15, 0.2) is 0 Å². The molecule has 5 rings (SSSR count). The van der Waals surface area contributed by atoms with Crippen molar-refractivity contribution in [1.29, 1.82) is 0 Å². The molecule has 1 aliphatic carbocycles. The molecule has 0 aromatic carbocycles. The van der Waals surface area contributed by atoms with Crippen LogP contribution in [0, 0.1) is 0 Å². The second-order valence-electron chi connectivity index (χ2n) is 8.50. The Morgan fingerprint density at radius 1 is 1.09 bits per heavy atom. The zero-order valence-electron chi connectivity index (χ0n) is 18.1. The minimum atomic E-state index is -0.195. The molecule has 8 nitrogen and oxygen atoms in total. The Morgan fingerprint density at radius 2 is 1.94 bits per heavy atom. The van der Waals surface area contributed by atoms with Crippen LogP contribution in [0.15, 0.2) is 41.3 Å². The van der Waals surface area contributed by atoms with Gasteiger partial charge in [-0.2, -0.15) is 0 Å². The Morgan fingerprint density at radius 3 is 2.66 bits per heavy atom. The fourth-order valence-corrected chi connectivity index (χ4v) is 4.49. The number of carbonyl (C=O) groups excluding carboxylic acids is 2. The van der Waals surface area contributed by atoms with Crippen LogP contribution in [0.2, 0.25) is 0 Å². The predicted octanol–water partition coefficient (Wildman–Crippen LogP) is 2.19. The van der Waals surface area contributed by atoms with E-state index in [1.54, 1.807) is 32.6 Å². The van der Waals surface area contributed by atoms with Crippen molar-refractivity contribution in [3.8, 4) is 5.88 Å². The molecule has 0 saturated heterocycles. The zero-order chi connectivity index (χ0) is 22.2. The average molecular weight is 434 g/mol. The number of amides is 2. The van der Waals surface area contributed by atoms with Gasteiger partial charge in [-0.3, -0.25) is 14.4 Å². The molecule has 4 heterocycles. The Hall–Kier alpha value is -3.42. The molecule has 1 fully saturated rings. The second kappa shape index (κ2) is 8.26. The first kappa shape index (κ1) is 20.5. The maximum Gasteiger partial charge on any atom is 0.272 e. The highest BCUT2D eigenvalue weighted by atomic mass is 16.5. The largest absolute Gasteiger partial charge is 0.481 e. The number of rotatable bonds is 4. The Labute approximate surface area is 186 Å². The molecule has 2 amide bonds. The van der Waals surface area contributed by atoms with E-state index >= 15 is 0 Å². The van der Waals surface area contributed by atoms with Crippen LogP contribution < -0.4 is 10.3 Å². The van der Waals surface area contributed by atoms with Crippen molar-refractivity contribution in [2.45, 2.75) is 38.3 Å². The smallest absolute Gasteiger partial charge is 0.272 e. The minimum absolute atomic E-state index is 0.145. The molecular weight excluding hydrogens is 408 g/mol. The molecule has 0 unspecified atom stereocenters. The van der Waals surface area contributed by atoms with Gasteiger partial charge in [-0.25, -0.2) is 4.98 Å². The highest BCUT2D eigenvalue weighted by molar-refractivity contribution is 5.96. The topological polar surface area (TPSA) is 84.7 Å². The summed E-state index contributed by atoms with van der Waals surface area (Å²) >= 11 is 0. The highest BCUT2D eigenvalue weighted by Gasteiger charge is 2.34. The summed E-state index contributed by atoms with van der Waals surface area (Å²) in [5, 5.41) is 0. The molecular formula is C24H26N4O4. The van der Waals surface area contributed by atoms with Crippen LogP contribution in [0.5, 0.6) is 5.88 Å². The summed E-state index contributed by atoms with van der Waals surface area (Å²) in [6.07, 6.45) is 9.04. The van der Waals surface area contributed by atoms with Gasteiger partial charge >= 0.3 is 0 Å². The van der Waals surface area contributed by atoms with Gasteiger partial charge in [0.2, 0.25) is 5.88 Å². The zero-order valence-corrected chi connectivity index (χ0v) is 18.1. The molecule has 0 radical (unpaired) electrons. The summed E-state index contributed by atoms with van der Waals surface area (Å²) in [4.78, 5) is 47.5. The normalized spacial score (nSPS) is 17.8. The van der Waals surface area contributed by atoms with E-state index in [2.05, 4.69) is 11.1 Å². The molecule has 3 aliphatic rings. The van der Waals surface area contributed by atoms with E-state index in [0.29, 0.717) is 44.2 Å². The first-order valence-electron chi connectivity index (χ1n) is 11.1. The number of ether oxygens (including phenoxy) is 1. The van der Waals surface area contributed by atoms with Crippen molar-refractivity contribution < 1.29 is 14.3 Å². The van der Waals surface area contributed by atoms with Crippen molar-refractivity contribution in [2.75, 3.05) is 26.7 Å². The van der Waals surface area contributed by atoms with Gasteiger partial charge in [0.25, 0.3) is 17.4 Å². The van der Waals surface area contributed by atoms with Crippen molar-refractivity contribution in [3.05, 3.63) is 69.3 Å². The summed E-state index contributed by atoms with van der Waals surface area (Å²) in [6.45, 7) is 1.92. The molecule has 8 heteroatoms. The number of aromatic nitrogens is 2. The fourth-order valence-electron chi connectivity index (χ4n) is 4.49. The molecule has 2 aliphatic heterocycles. The fraction of sp³-hybridized carbons (Fsp3) is 0.417. The van der Waals surface area contributed by atoms with Crippen molar-refractivity contribution in [3.63, 3.8) is 0 Å². The summed E-state index contributed by atoms with van der Waals surface area (Å²) in [6, 6.07) is 5.26. The van der Waals surface area contributed by atoms with E-state index in [1.165, 1.54) is 7.11 Å². The number of hydrogen-bond acceptors (Lipinski definition) is 5. The van der Waals surface area contributed by atoms with Gasteiger partial charge < -0.3 is 19.1 Å². The number of nitrogens with zero attached hydrogens (tertiary/aromatic N) is 4. The van der Waals surface area contributed by atoms with Gasteiger partial charge in [-0.15, -0.1) is 0 Å². The van der Waals surface area contributed by atoms with Crippen LogP contribution in [-0.4, -0.2) is 57.9 Å². The first-order valence-corrected chi connectivity index (χ1v) is 11.1. The van der Waals surface area contributed by atoms with Crippen LogP contribution >= 0.6 is 0 Å². The van der Waals surface area contributed by atoms with Crippen molar-refractivity contribution >= 4 is 11.8 Å². The van der Waals surface area contributed by atoms with Crippen LogP contribution in [0.1, 0.15) is 57.3 Å². The second-order valence-corrected chi connectivity index (χ2v) is 8.50. The summed E-state index contributed by atoms with van der Waals surface area (Å²) in [7, 11) is 1.52. The van der Waals surface area contributed by atoms with Gasteiger partial charge in [0.05, 0.1) is 7.11 Å².